The SMILES string of the molecule is Cl.Cl.NN1Cc2ccccc2N(N)C1. The molecular formula is C8H14Cl2N4. The van der Waals surface area contributed by atoms with Crippen molar-refractivity contribution in [3.05, 3.63) is 29.8 Å². The van der Waals surface area contributed by atoms with Crippen LogP contribution in [0.3, 0.4) is 0 Å². The van der Waals surface area contributed by atoms with Gasteiger partial charge < -0.3 is 0 Å². The highest BCUT2D eigenvalue weighted by atomic mass is 35.5. The van der Waals surface area contributed by atoms with Crippen molar-refractivity contribution in [2.75, 3.05) is 11.7 Å². The zero-order valence-electron chi connectivity index (χ0n) is 7.59. The lowest BCUT2D eigenvalue weighted by Gasteiger charge is -2.32. The zero-order chi connectivity index (χ0) is 8.55. The smallest absolute Gasteiger partial charge is 0.0992 e. The molecule has 2 rings (SSSR count). The van der Waals surface area contributed by atoms with E-state index in [0.717, 1.165) is 12.2 Å². The molecule has 0 saturated carbocycles. The molecule has 0 unspecified atom stereocenters. The Morgan fingerprint density at radius 3 is 2.43 bits per heavy atom. The molecule has 1 aliphatic heterocycles. The minimum Gasteiger partial charge on any atom is -0.295 e. The van der Waals surface area contributed by atoms with Gasteiger partial charge in [-0.2, -0.15) is 0 Å². The van der Waals surface area contributed by atoms with E-state index < -0.39 is 0 Å². The molecule has 0 fully saturated rings. The summed E-state index contributed by atoms with van der Waals surface area (Å²) < 4.78 is 0. The predicted octanol–water partition coefficient (Wildman–Crippen LogP) is 0.857. The van der Waals surface area contributed by atoms with E-state index in [-0.39, 0.29) is 24.8 Å². The molecule has 0 aliphatic carbocycles. The zero-order valence-corrected chi connectivity index (χ0v) is 9.22. The number of nitrogens with zero attached hydrogens (tertiary/aromatic N) is 2. The van der Waals surface area contributed by atoms with E-state index in [2.05, 4.69) is 0 Å². The van der Waals surface area contributed by atoms with E-state index >= 15 is 0 Å². The summed E-state index contributed by atoms with van der Waals surface area (Å²) >= 11 is 0. The average molecular weight is 237 g/mol. The van der Waals surface area contributed by atoms with Gasteiger partial charge in [-0.05, 0) is 11.6 Å². The quantitative estimate of drug-likeness (QED) is 0.657. The third-order valence-corrected chi connectivity index (χ3v) is 2.01. The first-order valence-corrected chi connectivity index (χ1v) is 3.87. The van der Waals surface area contributed by atoms with E-state index in [1.165, 1.54) is 5.56 Å². The highest BCUT2D eigenvalue weighted by Gasteiger charge is 2.16. The van der Waals surface area contributed by atoms with E-state index in [1.54, 1.807) is 10.0 Å². The molecule has 0 radical (unpaired) electrons. The number of hydrogen-bond acceptors (Lipinski definition) is 4. The fraction of sp³-hybridized carbons (Fsp3) is 0.250. The number of halogens is 2. The molecule has 80 valence electrons. The summed E-state index contributed by atoms with van der Waals surface area (Å²) in [5, 5.41) is 3.33. The summed E-state index contributed by atoms with van der Waals surface area (Å²) in [4.78, 5) is 0. The Kier molecular flexibility index (Phi) is 5.18. The van der Waals surface area contributed by atoms with Crippen molar-refractivity contribution < 1.29 is 0 Å². The molecule has 0 amide bonds. The molecular weight excluding hydrogens is 223 g/mol. The van der Waals surface area contributed by atoms with Crippen LogP contribution in [0, 0.1) is 0 Å². The van der Waals surface area contributed by atoms with Gasteiger partial charge >= 0.3 is 0 Å². The van der Waals surface area contributed by atoms with Crippen LogP contribution >= 0.6 is 24.8 Å². The van der Waals surface area contributed by atoms with Gasteiger partial charge in [-0.1, -0.05) is 18.2 Å². The van der Waals surface area contributed by atoms with Crippen molar-refractivity contribution in [3.63, 3.8) is 0 Å². The molecule has 0 aromatic heterocycles. The Bertz CT molecular complexity index is 294. The number of anilines is 1. The van der Waals surface area contributed by atoms with Gasteiger partial charge in [0.1, 0.15) is 0 Å². The molecule has 6 heteroatoms. The number of para-hydroxylation sites is 1. The van der Waals surface area contributed by atoms with Crippen molar-refractivity contribution in [1.82, 2.24) is 5.01 Å². The van der Waals surface area contributed by atoms with Crippen molar-refractivity contribution in [3.8, 4) is 0 Å². The summed E-state index contributed by atoms with van der Waals surface area (Å²) in [5.74, 6) is 11.4. The minimum absolute atomic E-state index is 0. The topological polar surface area (TPSA) is 58.5 Å². The maximum Gasteiger partial charge on any atom is 0.0992 e. The number of rotatable bonds is 0. The van der Waals surface area contributed by atoms with Crippen LogP contribution in [0.4, 0.5) is 5.69 Å². The number of fused-ring (bicyclic) bond motifs is 1. The van der Waals surface area contributed by atoms with Crippen LogP contribution < -0.4 is 16.7 Å². The molecule has 0 saturated heterocycles. The second-order valence-electron chi connectivity index (χ2n) is 2.99. The fourth-order valence-corrected chi connectivity index (χ4v) is 1.47. The molecule has 0 bridgehead atoms. The van der Waals surface area contributed by atoms with Gasteiger partial charge in [0.2, 0.25) is 0 Å². The van der Waals surface area contributed by atoms with Gasteiger partial charge in [0, 0.05) is 6.54 Å². The van der Waals surface area contributed by atoms with Gasteiger partial charge in [0.15, 0.2) is 0 Å². The van der Waals surface area contributed by atoms with Crippen LogP contribution in [-0.4, -0.2) is 11.7 Å². The standard InChI is InChI=1S/C8H12N4.2ClH/c9-11-5-7-3-1-2-4-8(7)12(10)6-11;;/h1-4H,5-6,9-10H2;2*1H. The number of hydrazine groups is 2. The van der Waals surface area contributed by atoms with Crippen molar-refractivity contribution in [1.29, 1.82) is 0 Å². The lowest BCUT2D eigenvalue weighted by atomic mass is 10.1. The molecule has 0 spiro atoms. The summed E-state index contributed by atoms with van der Waals surface area (Å²) in [6.07, 6.45) is 0. The van der Waals surface area contributed by atoms with E-state index in [4.69, 9.17) is 11.7 Å². The molecule has 4 N–H and O–H groups in total. The third-order valence-electron chi connectivity index (χ3n) is 2.01. The molecule has 1 aromatic rings. The summed E-state index contributed by atoms with van der Waals surface area (Å²) in [5.41, 5.74) is 2.24. The maximum atomic E-state index is 5.75. The number of benzene rings is 1. The van der Waals surface area contributed by atoms with Crippen molar-refractivity contribution in [2.45, 2.75) is 6.54 Å². The summed E-state index contributed by atoms with van der Waals surface area (Å²) in [7, 11) is 0. The lowest BCUT2D eigenvalue weighted by molar-refractivity contribution is 0.261. The van der Waals surface area contributed by atoms with Crippen LogP contribution in [-0.2, 0) is 6.54 Å². The average Bonchev–Trinajstić information content (AvgIpc) is 2.04. The van der Waals surface area contributed by atoms with Crippen LogP contribution in [0.2, 0.25) is 0 Å². The van der Waals surface area contributed by atoms with E-state index in [1.807, 2.05) is 24.3 Å². The van der Waals surface area contributed by atoms with Gasteiger partial charge in [0.05, 0.1) is 12.4 Å². The van der Waals surface area contributed by atoms with Crippen LogP contribution in [0.1, 0.15) is 5.56 Å². The maximum absolute atomic E-state index is 5.75. The third kappa shape index (κ3) is 2.50. The highest BCUT2D eigenvalue weighted by Crippen LogP contribution is 2.22. The lowest BCUT2D eigenvalue weighted by Crippen LogP contribution is -2.49. The minimum atomic E-state index is 0. The first-order valence-electron chi connectivity index (χ1n) is 3.87. The first-order chi connectivity index (χ1) is 5.77. The second-order valence-corrected chi connectivity index (χ2v) is 2.99. The fourth-order valence-electron chi connectivity index (χ4n) is 1.47. The van der Waals surface area contributed by atoms with Crippen molar-refractivity contribution in [2.24, 2.45) is 11.7 Å². The van der Waals surface area contributed by atoms with Crippen LogP contribution in [0.15, 0.2) is 24.3 Å². The molecule has 1 aliphatic rings. The second kappa shape index (κ2) is 5.38. The van der Waals surface area contributed by atoms with Gasteiger partial charge in [-0.25, -0.2) is 10.9 Å². The normalized spacial score (nSPS) is 15.1. The van der Waals surface area contributed by atoms with E-state index in [0.29, 0.717) is 6.67 Å². The van der Waals surface area contributed by atoms with Gasteiger partial charge in [-0.3, -0.25) is 10.9 Å². The molecule has 14 heavy (non-hydrogen) atoms. The van der Waals surface area contributed by atoms with Gasteiger partial charge in [0.25, 0.3) is 0 Å². The van der Waals surface area contributed by atoms with Gasteiger partial charge in [-0.15, -0.1) is 24.8 Å². The Labute approximate surface area is 95.6 Å². The Morgan fingerprint density at radius 2 is 1.71 bits per heavy atom. The predicted molar refractivity (Wildman–Crippen MR) is 62.2 cm³/mol. The molecule has 0 atom stereocenters. The number of hydrogen-bond donors (Lipinski definition) is 2. The summed E-state index contributed by atoms with van der Waals surface area (Å²) in [6.45, 7) is 1.35. The monoisotopic (exact) mass is 236 g/mol. The largest absolute Gasteiger partial charge is 0.295 e. The molecule has 1 heterocycles. The summed E-state index contributed by atoms with van der Waals surface area (Å²) in [6, 6.07) is 8.01. The molecule has 1 aromatic carbocycles. The van der Waals surface area contributed by atoms with Crippen LogP contribution in [0.25, 0.3) is 0 Å². The Morgan fingerprint density at radius 1 is 1.07 bits per heavy atom. The van der Waals surface area contributed by atoms with E-state index in [9.17, 15) is 0 Å². The highest BCUT2D eigenvalue weighted by molar-refractivity contribution is 5.85. The number of nitrogens with two attached hydrogens (primary N) is 2. The Balaban J connectivity index is 0.000000845. The van der Waals surface area contributed by atoms with Crippen molar-refractivity contribution >= 4 is 30.5 Å². The Hall–Kier alpha value is -0.520. The molecule has 4 nitrogen and oxygen atoms in total. The first kappa shape index (κ1) is 13.5. The van der Waals surface area contributed by atoms with Crippen LogP contribution in [0.5, 0.6) is 0 Å².